The third kappa shape index (κ3) is 6.25. The number of hydrogen-bond donors (Lipinski definition) is 2. The molecule has 1 amide bonds. The van der Waals surface area contributed by atoms with E-state index in [1.807, 2.05) is 0 Å². The summed E-state index contributed by atoms with van der Waals surface area (Å²) >= 11 is 0. The summed E-state index contributed by atoms with van der Waals surface area (Å²) in [7, 11) is 0. The van der Waals surface area contributed by atoms with Crippen LogP contribution in [-0.4, -0.2) is 18.5 Å². The van der Waals surface area contributed by atoms with Crippen molar-refractivity contribution in [2.24, 2.45) is 29.4 Å². The highest BCUT2D eigenvalue weighted by Crippen LogP contribution is 2.28. The predicted molar refractivity (Wildman–Crippen MR) is 85.3 cm³/mol. The molecule has 1 saturated carbocycles. The average molecular weight is 282 g/mol. The molecule has 20 heavy (non-hydrogen) atoms. The van der Waals surface area contributed by atoms with Gasteiger partial charge in [-0.05, 0) is 62.3 Å². The van der Waals surface area contributed by atoms with Crippen LogP contribution < -0.4 is 11.1 Å². The van der Waals surface area contributed by atoms with Gasteiger partial charge in [0.2, 0.25) is 5.91 Å². The smallest absolute Gasteiger partial charge is 0.220 e. The second-order valence-electron chi connectivity index (χ2n) is 7.30. The molecular formula is C17H34N2O. The van der Waals surface area contributed by atoms with Gasteiger partial charge in [-0.1, -0.05) is 27.7 Å². The highest BCUT2D eigenvalue weighted by Gasteiger charge is 2.25. The summed E-state index contributed by atoms with van der Waals surface area (Å²) in [4.78, 5) is 12.1. The van der Waals surface area contributed by atoms with Crippen molar-refractivity contribution in [3.05, 3.63) is 0 Å². The van der Waals surface area contributed by atoms with Crippen molar-refractivity contribution in [1.29, 1.82) is 0 Å². The molecule has 1 aliphatic rings. The van der Waals surface area contributed by atoms with Gasteiger partial charge in [-0.2, -0.15) is 0 Å². The topological polar surface area (TPSA) is 55.1 Å². The van der Waals surface area contributed by atoms with Crippen LogP contribution in [0.3, 0.4) is 0 Å². The zero-order chi connectivity index (χ0) is 15.1. The maximum atomic E-state index is 12.1. The fourth-order valence-electron chi connectivity index (χ4n) is 3.71. The molecule has 0 saturated heterocycles. The first-order chi connectivity index (χ1) is 9.42. The van der Waals surface area contributed by atoms with Crippen LogP contribution in [-0.2, 0) is 4.79 Å². The van der Waals surface area contributed by atoms with E-state index < -0.39 is 0 Å². The highest BCUT2D eigenvalue weighted by atomic mass is 16.1. The molecule has 0 spiro atoms. The molecule has 1 rings (SSSR count). The third-order valence-corrected chi connectivity index (χ3v) is 4.77. The van der Waals surface area contributed by atoms with Crippen molar-refractivity contribution in [1.82, 2.24) is 5.32 Å². The molecule has 3 unspecified atom stereocenters. The van der Waals surface area contributed by atoms with E-state index >= 15 is 0 Å². The molecule has 0 bridgehead atoms. The summed E-state index contributed by atoms with van der Waals surface area (Å²) in [6.07, 6.45) is 6.25. The third-order valence-electron chi connectivity index (χ3n) is 4.77. The van der Waals surface area contributed by atoms with E-state index in [1.165, 1.54) is 6.42 Å². The molecule has 3 N–H and O–H groups in total. The summed E-state index contributed by atoms with van der Waals surface area (Å²) in [5.74, 6) is 2.91. The highest BCUT2D eigenvalue weighted by molar-refractivity contribution is 5.76. The monoisotopic (exact) mass is 282 g/mol. The van der Waals surface area contributed by atoms with Crippen LogP contribution in [0.25, 0.3) is 0 Å². The standard InChI is InChI=1S/C17H34N2O/c1-12(2)15(7-8-18)5-6-17(20)19-16-10-13(3)9-14(4)11-16/h12-16H,5-11,18H2,1-4H3,(H,19,20). The van der Waals surface area contributed by atoms with Crippen molar-refractivity contribution in [3.8, 4) is 0 Å². The second kappa shape index (κ2) is 8.66. The molecule has 0 aromatic rings. The Balaban J connectivity index is 2.32. The number of hydrogen-bond acceptors (Lipinski definition) is 2. The first-order valence-corrected chi connectivity index (χ1v) is 8.41. The molecule has 0 radical (unpaired) electrons. The maximum Gasteiger partial charge on any atom is 0.220 e. The van der Waals surface area contributed by atoms with E-state index in [0.717, 1.165) is 44.1 Å². The molecule has 3 nitrogen and oxygen atoms in total. The summed E-state index contributed by atoms with van der Waals surface area (Å²) in [6.45, 7) is 9.77. The summed E-state index contributed by atoms with van der Waals surface area (Å²) in [6, 6.07) is 0.397. The Bertz CT molecular complexity index is 281. The zero-order valence-electron chi connectivity index (χ0n) is 13.8. The molecular weight excluding hydrogens is 248 g/mol. The zero-order valence-corrected chi connectivity index (χ0v) is 13.8. The van der Waals surface area contributed by atoms with Gasteiger partial charge < -0.3 is 11.1 Å². The first-order valence-electron chi connectivity index (χ1n) is 8.41. The minimum atomic E-state index is 0.235. The summed E-state index contributed by atoms with van der Waals surface area (Å²) in [5, 5.41) is 3.25. The minimum Gasteiger partial charge on any atom is -0.353 e. The lowest BCUT2D eigenvalue weighted by Crippen LogP contribution is -2.40. The van der Waals surface area contributed by atoms with Crippen LogP contribution >= 0.6 is 0 Å². The Morgan fingerprint density at radius 3 is 2.25 bits per heavy atom. The number of carbonyl (C=O) groups excluding carboxylic acids is 1. The molecule has 3 atom stereocenters. The van der Waals surface area contributed by atoms with Gasteiger partial charge in [-0.3, -0.25) is 4.79 Å². The lowest BCUT2D eigenvalue weighted by atomic mass is 9.80. The molecule has 3 heteroatoms. The molecule has 0 aliphatic heterocycles. The number of rotatable bonds is 7. The fourth-order valence-corrected chi connectivity index (χ4v) is 3.71. The van der Waals surface area contributed by atoms with Gasteiger partial charge in [0.25, 0.3) is 0 Å². The Kier molecular flexibility index (Phi) is 7.57. The Morgan fingerprint density at radius 2 is 1.75 bits per heavy atom. The van der Waals surface area contributed by atoms with Gasteiger partial charge in [0.15, 0.2) is 0 Å². The van der Waals surface area contributed by atoms with Crippen molar-refractivity contribution < 1.29 is 4.79 Å². The van der Waals surface area contributed by atoms with E-state index in [2.05, 4.69) is 33.0 Å². The van der Waals surface area contributed by atoms with Crippen LogP contribution in [0.4, 0.5) is 0 Å². The number of nitrogens with one attached hydrogen (secondary N) is 1. The Labute approximate surface area is 125 Å². The fraction of sp³-hybridized carbons (Fsp3) is 0.941. The Hall–Kier alpha value is -0.570. The van der Waals surface area contributed by atoms with Crippen LogP contribution in [0.1, 0.15) is 66.2 Å². The van der Waals surface area contributed by atoms with Gasteiger partial charge >= 0.3 is 0 Å². The Morgan fingerprint density at radius 1 is 1.15 bits per heavy atom. The lowest BCUT2D eigenvalue weighted by Gasteiger charge is -2.32. The largest absolute Gasteiger partial charge is 0.353 e. The van der Waals surface area contributed by atoms with E-state index in [0.29, 0.717) is 24.3 Å². The number of amides is 1. The number of nitrogens with two attached hydrogens (primary N) is 1. The molecule has 0 aromatic heterocycles. The molecule has 0 aromatic carbocycles. The van der Waals surface area contributed by atoms with E-state index in [-0.39, 0.29) is 5.91 Å². The van der Waals surface area contributed by atoms with Crippen molar-refractivity contribution in [3.63, 3.8) is 0 Å². The van der Waals surface area contributed by atoms with E-state index in [9.17, 15) is 4.79 Å². The first kappa shape index (κ1) is 17.5. The van der Waals surface area contributed by atoms with Crippen molar-refractivity contribution >= 4 is 5.91 Å². The molecule has 118 valence electrons. The van der Waals surface area contributed by atoms with Crippen molar-refractivity contribution in [2.45, 2.75) is 72.3 Å². The predicted octanol–water partition coefficient (Wildman–Crippen LogP) is 3.33. The van der Waals surface area contributed by atoms with Gasteiger partial charge in [-0.25, -0.2) is 0 Å². The van der Waals surface area contributed by atoms with Gasteiger partial charge in [0.05, 0.1) is 0 Å². The molecule has 0 heterocycles. The lowest BCUT2D eigenvalue weighted by molar-refractivity contribution is -0.122. The van der Waals surface area contributed by atoms with Gasteiger partial charge in [-0.15, -0.1) is 0 Å². The normalized spacial score (nSPS) is 28.4. The average Bonchev–Trinajstić information content (AvgIpc) is 2.32. The maximum absolute atomic E-state index is 12.1. The van der Waals surface area contributed by atoms with Crippen LogP contribution in [0.15, 0.2) is 0 Å². The molecule has 1 fully saturated rings. The van der Waals surface area contributed by atoms with E-state index in [4.69, 9.17) is 5.73 Å². The van der Waals surface area contributed by atoms with Crippen LogP contribution in [0.2, 0.25) is 0 Å². The minimum absolute atomic E-state index is 0.235. The van der Waals surface area contributed by atoms with Gasteiger partial charge in [0.1, 0.15) is 0 Å². The summed E-state index contributed by atoms with van der Waals surface area (Å²) in [5.41, 5.74) is 5.65. The van der Waals surface area contributed by atoms with E-state index in [1.54, 1.807) is 0 Å². The quantitative estimate of drug-likeness (QED) is 0.752. The van der Waals surface area contributed by atoms with Crippen molar-refractivity contribution in [2.75, 3.05) is 6.54 Å². The second-order valence-corrected chi connectivity index (χ2v) is 7.30. The number of carbonyl (C=O) groups is 1. The molecule has 1 aliphatic carbocycles. The van der Waals surface area contributed by atoms with Crippen LogP contribution in [0, 0.1) is 23.7 Å². The van der Waals surface area contributed by atoms with Crippen LogP contribution in [0.5, 0.6) is 0 Å². The summed E-state index contributed by atoms with van der Waals surface area (Å²) < 4.78 is 0. The SMILES string of the molecule is CC1CC(C)CC(NC(=O)CCC(CCN)C(C)C)C1. The van der Waals surface area contributed by atoms with Gasteiger partial charge in [0, 0.05) is 12.5 Å².